The monoisotopic (exact) mass is 280 g/mol. The molecule has 0 aliphatic carbocycles. The predicted molar refractivity (Wildman–Crippen MR) is 69.9 cm³/mol. The van der Waals surface area contributed by atoms with Crippen LogP contribution in [-0.4, -0.2) is 42.6 Å². The van der Waals surface area contributed by atoms with Crippen molar-refractivity contribution in [1.29, 1.82) is 0 Å². The maximum atomic E-state index is 10.9. The Kier molecular flexibility index (Phi) is 4.60. The first kappa shape index (κ1) is 14.4. The lowest BCUT2D eigenvalue weighted by molar-refractivity contribution is -0.135. The van der Waals surface area contributed by atoms with E-state index in [0.717, 1.165) is 5.56 Å². The van der Waals surface area contributed by atoms with Crippen molar-refractivity contribution in [2.75, 3.05) is 20.3 Å². The van der Waals surface area contributed by atoms with Gasteiger partial charge in [-0.2, -0.15) is 0 Å². The van der Waals surface area contributed by atoms with Crippen LogP contribution in [0.3, 0.4) is 0 Å². The van der Waals surface area contributed by atoms with Crippen molar-refractivity contribution in [2.24, 2.45) is 0 Å². The maximum absolute atomic E-state index is 10.9. The van der Waals surface area contributed by atoms with Gasteiger partial charge >= 0.3 is 5.97 Å². The standard InChI is InChI=1S/C14H16O6/c1-18-7-9(15)8-19-11-3-2-4-12-10(11)5-6-13(20-12)14(16)17/h2-4,6,9,15H,5,7-8H2,1H3,(H,16,17). The first-order chi connectivity index (χ1) is 9.61. The lowest BCUT2D eigenvalue weighted by Crippen LogP contribution is -2.23. The zero-order valence-electron chi connectivity index (χ0n) is 11.0. The number of carbonyl (C=O) groups is 1. The summed E-state index contributed by atoms with van der Waals surface area (Å²) in [5, 5.41) is 18.5. The summed E-state index contributed by atoms with van der Waals surface area (Å²) in [4.78, 5) is 10.9. The number of aliphatic carboxylic acids is 1. The molecule has 20 heavy (non-hydrogen) atoms. The van der Waals surface area contributed by atoms with Crippen molar-refractivity contribution in [2.45, 2.75) is 12.5 Å². The van der Waals surface area contributed by atoms with Crippen molar-refractivity contribution in [1.82, 2.24) is 0 Å². The molecule has 1 heterocycles. The van der Waals surface area contributed by atoms with Gasteiger partial charge in [0.1, 0.15) is 24.2 Å². The molecule has 1 unspecified atom stereocenters. The Bertz CT molecular complexity index is 522. The highest BCUT2D eigenvalue weighted by Crippen LogP contribution is 2.33. The summed E-state index contributed by atoms with van der Waals surface area (Å²) in [6, 6.07) is 5.15. The average Bonchev–Trinajstić information content (AvgIpc) is 2.44. The number of aliphatic hydroxyl groups is 1. The van der Waals surface area contributed by atoms with Crippen LogP contribution >= 0.6 is 0 Å². The number of rotatable bonds is 6. The van der Waals surface area contributed by atoms with Crippen molar-refractivity contribution in [3.8, 4) is 11.5 Å². The number of hydrogen-bond acceptors (Lipinski definition) is 5. The second-order valence-electron chi connectivity index (χ2n) is 4.33. The molecule has 1 aliphatic rings. The predicted octanol–water partition coefficient (Wildman–Crippen LogP) is 0.976. The number of carboxylic acid groups (broad SMARTS) is 1. The molecule has 2 N–H and O–H groups in total. The molecule has 6 heteroatoms. The summed E-state index contributed by atoms with van der Waals surface area (Å²) >= 11 is 0. The Balaban J connectivity index is 2.09. The third kappa shape index (κ3) is 3.28. The Labute approximate surface area is 116 Å². The quantitative estimate of drug-likeness (QED) is 0.808. The van der Waals surface area contributed by atoms with E-state index in [-0.39, 0.29) is 19.0 Å². The van der Waals surface area contributed by atoms with E-state index in [9.17, 15) is 9.90 Å². The highest BCUT2D eigenvalue weighted by Gasteiger charge is 2.20. The fourth-order valence-corrected chi connectivity index (χ4v) is 1.89. The van der Waals surface area contributed by atoms with Gasteiger partial charge < -0.3 is 24.4 Å². The van der Waals surface area contributed by atoms with Gasteiger partial charge in [-0.1, -0.05) is 6.07 Å². The average molecular weight is 280 g/mol. The number of benzene rings is 1. The van der Waals surface area contributed by atoms with Crippen LogP contribution < -0.4 is 9.47 Å². The molecule has 1 aliphatic heterocycles. The molecule has 0 saturated carbocycles. The number of carboxylic acids is 1. The largest absolute Gasteiger partial charge is 0.490 e. The first-order valence-corrected chi connectivity index (χ1v) is 6.14. The minimum absolute atomic E-state index is 0.0888. The fraction of sp³-hybridized carbons (Fsp3) is 0.357. The third-order valence-corrected chi connectivity index (χ3v) is 2.80. The van der Waals surface area contributed by atoms with Crippen molar-refractivity contribution < 1.29 is 29.2 Å². The molecular weight excluding hydrogens is 264 g/mol. The number of aliphatic hydroxyl groups excluding tert-OH is 1. The van der Waals surface area contributed by atoms with Gasteiger partial charge in [0.25, 0.3) is 0 Å². The number of fused-ring (bicyclic) bond motifs is 1. The lowest BCUT2D eigenvalue weighted by Gasteiger charge is -2.19. The molecule has 0 radical (unpaired) electrons. The molecule has 1 aromatic carbocycles. The summed E-state index contributed by atoms with van der Waals surface area (Å²) in [5.41, 5.74) is 0.766. The second kappa shape index (κ2) is 6.40. The van der Waals surface area contributed by atoms with E-state index in [4.69, 9.17) is 19.3 Å². The van der Waals surface area contributed by atoms with Gasteiger partial charge in [0.2, 0.25) is 5.76 Å². The third-order valence-electron chi connectivity index (χ3n) is 2.80. The zero-order valence-corrected chi connectivity index (χ0v) is 11.0. The van der Waals surface area contributed by atoms with Crippen molar-refractivity contribution >= 4 is 5.97 Å². The SMILES string of the molecule is COCC(O)COc1cccc2c1CC=C(C(=O)O)O2. The van der Waals surface area contributed by atoms with Gasteiger partial charge in [-0.25, -0.2) is 4.79 Å². The summed E-state index contributed by atoms with van der Waals surface area (Å²) in [7, 11) is 1.50. The van der Waals surface area contributed by atoms with E-state index < -0.39 is 12.1 Å². The Hall–Kier alpha value is -2.05. The van der Waals surface area contributed by atoms with Gasteiger partial charge in [-0.3, -0.25) is 0 Å². The molecular formula is C14H16O6. The van der Waals surface area contributed by atoms with Gasteiger partial charge in [0.15, 0.2) is 0 Å². The van der Waals surface area contributed by atoms with Gasteiger partial charge in [0, 0.05) is 19.1 Å². The molecule has 0 aromatic heterocycles. The molecule has 0 spiro atoms. The number of hydrogen-bond donors (Lipinski definition) is 2. The minimum Gasteiger partial charge on any atom is -0.490 e. The van der Waals surface area contributed by atoms with Crippen LogP contribution in [0.4, 0.5) is 0 Å². The highest BCUT2D eigenvalue weighted by atomic mass is 16.5. The van der Waals surface area contributed by atoms with Crippen LogP contribution in [0.1, 0.15) is 5.56 Å². The Morgan fingerprint density at radius 3 is 2.95 bits per heavy atom. The van der Waals surface area contributed by atoms with E-state index in [1.807, 2.05) is 0 Å². The van der Waals surface area contributed by atoms with E-state index >= 15 is 0 Å². The van der Waals surface area contributed by atoms with E-state index in [2.05, 4.69) is 0 Å². The van der Waals surface area contributed by atoms with Crippen LogP contribution in [0, 0.1) is 0 Å². The normalized spacial score (nSPS) is 14.8. The van der Waals surface area contributed by atoms with Gasteiger partial charge in [0.05, 0.1) is 6.61 Å². The maximum Gasteiger partial charge on any atom is 0.371 e. The smallest absolute Gasteiger partial charge is 0.371 e. The molecule has 108 valence electrons. The van der Waals surface area contributed by atoms with E-state index in [1.54, 1.807) is 18.2 Å². The summed E-state index contributed by atoms with van der Waals surface area (Å²) in [5.74, 6) is -0.159. The fourth-order valence-electron chi connectivity index (χ4n) is 1.89. The van der Waals surface area contributed by atoms with Gasteiger partial charge in [-0.15, -0.1) is 0 Å². The van der Waals surface area contributed by atoms with Crippen LogP contribution in [0.5, 0.6) is 11.5 Å². The topological polar surface area (TPSA) is 85.2 Å². The van der Waals surface area contributed by atoms with E-state index in [0.29, 0.717) is 17.9 Å². The summed E-state index contributed by atoms with van der Waals surface area (Å²) < 4.78 is 15.6. The summed E-state index contributed by atoms with van der Waals surface area (Å²) in [6.45, 7) is 0.286. The number of methoxy groups -OCH3 is 1. The van der Waals surface area contributed by atoms with Crippen LogP contribution in [0.15, 0.2) is 30.0 Å². The zero-order chi connectivity index (χ0) is 14.5. The Morgan fingerprint density at radius 1 is 1.45 bits per heavy atom. The number of ether oxygens (including phenoxy) is 3. The lowest BCUT2D eigenvalue weighted by atomic mass is 10.1. The van der Waals surface area contributed by atoms with Crippen LogP contribution in [0.25, 0.3) is 0 Å². The Morgan fingerprint density at radius 2 is 2.25 bits per heavy atom. The molecule has 0 bridgehead atoms. The molecule has 2 rings (SSSR count). The molecule has 6 nitrogen and oxygen atoms in total. The molecule has 0 fully saturated rings. The van der Waals surface area contributed by atoms with E-state index in [1.165, 1.54) is 13.2 Å². The van der Waals surface area contributed by atoms with Crippen molar-refractivity contribution in [3.05, 3.63) is 35.6 Å². The molecule has 1 atom stereocenters. The molecule has 1 aromatic rings. The van der Waals surface area contributed by atoms with Gasteiger partial charge in [-0.05, 0) is 18.2 Å². The minimum atomic E-state index is -1.10. The van der Waals surface area contributed by atoms with Crippen LogP contribution in [0.2, 0.25) is 0 Å². The van der Waals surface area contributed by atoms with Crippen LogP contribution in [-0.2, 0) is 16.0 Å². The summed E-state index contributed by atoms with van der Waals surface area (Å²) in [6.07, 6.45) is 1.18. The first-order valence-electron chi connectivity index (χ1n) is 6.14. The second-order valence-corrected chi connectivity index (χ2v) is 4.33. The molecule has 0 saturated heterocycles. The number of allylic oxidation sites excluding steroid dienone is 1. The molecule has 0 amide bonds. The van der Waals surface area contributed by atoms with Crippen molar-refractivity contribution in [3.63, 3.8) is 0 Å². The highest BCUT2D eigenvalue weighted by molar-refractivity contribution is 5.85.